The average Bonchev–Trinajstić information content (AvgIpc) is 3.55. The lowest BCUT2D eigenvalue weighted by Gasteiger charge is -2.13. The molecule has 0 aliphatic heterocycles. The van der Waals surface area contributed by atoms with E-state index in [4.69, 9.17) is 19.2 Å². The lowest BCUT2D eigenvalue weighted by atomic mass is 10.0. The fraction of sp³-hybridized carbons (Fsp3) is 0.200. The molecule has 0 aliphatic rings. The van der Waals surface area contributed by atoms with Gasteiger partial charge >= 0.3 is 5.97 Å². The summed E-state index contributed by atoms with van der Waals surface area (Å²) in [5, 5.41) is 13.2. The average molecular weight is 542 g/mol. The summed E-state index contributed by atoms with van der Waals surface area (Å²) >= 11 is 1.65. The second kappa shape index (κ2) is 11.9. The van der Waals surface area contributed by atoms with Crippen LogP contribution in [0.25, 0.3) is 20.9 Å². The van der Waals surface area contributed by atoms with Crippen molar-refractivity contribution in [3.8, 4) is 16.5 Å². The van der Waals surface area contributed by atoms with Gasteiger partial charge in [-0.3, -0.25) is 14.6 Å². The summed E-state index contributed by atoms with van der Waals surface area (Å²) in [7, 11) is 0. The van der Waals surface area contributed by atoms with Crippen molar-refractivity contribution in [2.75, 3.05) is 6.61 Å². The van der Waals surface area contributed by atoms with Crippen LogP contribution >= 0.6 is 11.3 Å². The van der Waals surface area contributed by atoms with Gasteiger partial charge < -0.3 is 19.6 Å². The summed E-state index contributed by atoms with van der Waals surface area (Å²) in [5.41, 5.74) is 2.78. The van der Waals surface area contributed by atoms with Crippen molar-refractivity contribution in [2.24, 2.45) is 0 Å². The van der Waals surface area contributed by atoms with Crippen molar-refractivity contribution in [1.82, 2.24) is 15.3 Å². The van der Waals surface area contributed by atoms with Crippen LogP contribution in [0.5, 0.6) is 5.75 Å². The molecule has 0 radical (unpaired) electrons. The first-order valence-corrected chi connectivity index (χ1v) is 13.4. The number of carbonyl (C=O) groups excluding carboxylic acids is 1. The summed E-state index contributed by atoms with van der Waals surface area (Å²) in [6.45, 7) is 2.51. The number of carbonyl (C=O) groups is 2. The van der Waals surface area contributed by atoms with Gasteiger partial charge in [0.2, 0.25) is 5.89 Å². The highest BCUT2D eigenvalue weighted by Crippen LogP contribution is 2.33. The molecule has 8 nitrogen and oxygen atoms in total. The second-order valence-electron chi connectivity index (χ2n) is 8.99. The first-order chi connectivity index (χ1) is 19.0. The molecule has 39 heavy (non-hydrogen) atoms. The quantitative estimate of drug-likeness (QED) is 0.216. The Bertz CT molecular complexity index is 1580. The molecule has 1 amide bonds. The van der Waals surface area contributed by atoms with Gasteiger partial charge in [-0.25, -0.2) is 4.98 Å². The minimum absolute atomic E-state index is 0.00500. The first kappa shape index (κ1) is 26.1. The van der Waals surface area contributed by atoms with Crippen LogP contribution in [0.3, 0.4) is 0 Å². The molecule has 2 N–H and O–H groups in total. The number of fused-ring (bicyclic) bond motifs is 1. The third-order valence-electron chi connectivity index (χ3n) is 6.26. The van der Waals surface area contributed by atoms with Crippen molar-refractivity contribution >= 4 is 33.3 Å². The zero-order chi connectivity index (χ0) is 27.2. The maximum Gasteiger partial charge on any atom is 0.303 e. The van der Waals surface area contributed by atoms with Gasteiger partial charge in [0.25, 0.3) is 5.91 Å². The molecule has 5 rings (SSSR count). The van der Waals surface area contributed by atoms with Crippen LogP contribution in [0.2, 0.25) is 0 Å². The molecule has 0 aliphatic carbocycles. The number of amides is 1. The molecule has 3 aromatic heterocycles. The van der Waals surface area contributed by atoms with Gasteiger partial charge in [-0.2, -0.15) is 0 Å². The smallest absolute Gasteiger partial charge is 0.303 e. The minimum Gasteiger partial charge on any atom is -0.493 e. The van der Waals surface area contributed by atoms with E-state index in [9.17, 15) is 9.59 Å². The summed E-state index contributed by atoms with van der Waals surface area (Å²) < 4.78 is 13.2. The normalized spacial score (nSPS) is 11.0. The molecule has 0 spiro atoms. The molecule has 2 aromatic carbocycles. The van der Waals surface area contributed by atoms with Crippen molar-refractivity contribution in [3.63, 3.8) is 0 Å². The number of carboxylic acids is 1. The number of aliphatic carboxylic acids is 1. The first-order valence-electron chi connectivity index (χ1n) is 12.6. The van der Waals surface area contributed by atoms with E-state index in [-0.39, 0.29) is 18.9 Å². The molecule has 0 atom stereocenters. The van der Waals surface area contributed by atoms with Crippen LogP contribution < -0.4 is 10.1 Å². The molecule has 0 bridgehead atoms. The SMILES string of the molecule is Cc1oc(-c2cc3ccccc3s2)nc1CCOc1ccc(CCC(=O)O)c(CNC(=O)c2ccccn2)c1. The molecular formula is C30H27N3O5S. The molecule has 0 saturated heterocycles. The number of hydrogen-bond donors (Lipinski definition) is 2. The summed E-state index contributed by atoms with van der Waals surface area (Å²) in [5.74, 6) is 0.811. The standard InChI is InChI=1S/C30H27N3O5S/c1-19-24(33-30(38-19)27-17-21-6-2-3-8-26(21)39-27)13-15-37-23-11-9-20(10-12-28(34)35)22(16-23)18-32-29(36)25-7-4-5-14-31-25/h2-9,11,14,16-17H,10,12-13,15,18H2,1H3,(H,32,36)(H,34,35). The predicted octanol–water partition coefficient (Wildman–Crippen LogP) is 5.83. The van der Waals surface area contributed by atoms with E-state index in [0.717, 1.165) is 32.8 Å². The van der Waals surface area contributed by atoms with E-state index in [1.807, 2.05) is 37.3 Å². The number of nitrogens with one attached hydrogen (secondary N) is 1. The summed E-state index contributed by atoms with van der Waals surface area (Å²) in [6.07, 6.45) is 2.47. The molecule has 0 fully saturated rings. The predicted molar refractivity (Wildman–Crippen MR) is 149 cm³/mol. The van der Waals surface area contributed by atoms with E-state index in [0.29, 0.717) is 36.8 Å². The van der Waals surface area contributed by atoms with Gasteiger partial charge in [-0.05, 0) is 66.3 Å². The van der Waals surface area contributed by atoms with Crippen LogP contribution in [0.1, 0.15) is 39.5 Å². The monoisotopic (exact) mass is 541 g/mol. The highest BCUT2D eigenvalue weighted by Gasteiger charge is 2.15. The van der Waals surface area contributed by atoms with E-state index in [1.54, 1.807) is 35.7 Å². The molecule has 0 unspecified atom stereocenters. The van der Waals surface area contributed by atoms with Gasteiger partial charge in [-0.1, -0.05) is 30.3 Å². The van der Waals surface area contributed by atoms with Crippen LogP contribution in [-0.4, -0.2) is 33.6 Å². The van der Waals surface area contributed by atoms with Crippen LogP contribution in [0.4, 0.5) is 0 Å². The molecule has 0 saturated carbocycles. The number of carboxylic acid groups (broad SMARTS) is 1. The summed E-state index contributed by atoms with van der Waals surface area (Å²) in [6, 6.07) is 20.9. The zero-order valence-electron chi connectivity index (χ0n) is 21.3. The van der Waals surface area contributed by atoms with Gasteiger partial charge in [0.1, 0.15) is 17.2 Å². The van der Waals surface area contributed by atoms with Crippen LogP contribution in [0, 0.1) is 6.92 Å². The maximum atomic E-state index is 12.5. The number of pyridine rings is 1. The van der Waals surface area contributed by atoms with Crippen molar-refractivity contribution in [2.45, 2.75) is 32.7 Å². The lowest BCUT2D eigenvalue weighted by Crippen LogP contribution is -2.24. The Balaban J connectivity index is 1.24. The minimum atomic E-state index is -0.878. The Morgan fingerprint density at radius 3 is 2.67 bits per heavy atom. The van der Waals surface area contributed by atoms with Crippen molar-refractivity contribution in [3.05, 3.63) is 101 Å². The highest BCUT2D eigenvalue weighted by molar-refractivity contribution is 7.22. The number of oxazole rings is 1. The van der Waals surface area contributed by atoms with Gasteiger partial charge in [0.15, 0.2) is 0 Å². The fourth-order valence-electron chi connectivity index (χ4n) is 4.22. The molecular weight excluding hydrogens is 514 g/mol. The number of aryl methyl sites for hydroxylation is 2. The number of thiophene rings is 1. The van der Waals surface area contributed by atoms with Crippen LogP contribution in [-0.2, 0) is 24.2 Å². The molecule has 5 aromatic rings. The number of rotatable bonds is 11. The third kappa shape index (κ3) is 6.50. The number of benzene rings is 2. The fourth-order valence-corrected chi connectivity index (χ4v) is 5.21. The Kier molecular flexibility index (Phi) is 7.98. The lowest BCUT2D eigenvalue weighted by molar-refractivity contribution is -0.136. The second-order valence-corrected chi connectivity index (χ2v) is 10.1. The summed E-state index contributed by atoms with van der Waals surface area (Å²) in [4.78, 5) is 33.4. The topological polar surface area (TPSA) is 115 Å². The Morgan fingerprint density at radius 2 is 1.87 bits per heavy atom. The Labute approximate surface area is 229 Å². The molecule has 9 heteroatoms. The van der Waals surface area contributed by atoms with Crippen molar-refractivity contribution < 1.29 is 23.8 Å². The molecule has 198 valence electrons. The molecule has 3 heterocycles. The van der Waals surface area contributed by atoms with E-state index >= 15 is 0 Å². The van der Waals surface area contributed by atoms with Gasteiger partial charge in [0.05, 0.1) is 17.2 Å². The maximum absolute atomic E-state index is 12.5. The van der Waals surface area contributed by atoms with Crippen molar-refractivity contribution in [1.29, 1.82) is 0 Å². The Morgan fingerprint density at radius 1 is 1.03 bits per heavy atom. The number of aromatic nitrogens is 2. The van der Waals surface area contributed by atoms with Gasteiger partial charge in [-0.15, -0.1) is 11.3 Å². The van der Waals surface area contributed by atoms with Crippen LogP contribution in [0.15, 0.2) is 77.3 Å². The zero-order valence-corrected chi connectivity index (χ0v) is 22.2. The number of nitrogens with zero attached hydrogens (tertiary/aromatic N) is 2. The number of hydrogen-bond acceptors (Lipinski definition) is 7. The van der Waals surface area contributed by atoms with E-state index in [2.05, 4.69) is 28.5 Å². The largest absolute Gasteiger partial charge is 0.493 e. The Hall–Kier alpha value is -4.50. The van der Waals surface area contributed by atoms with E-state index < -0.39 is 5.97 Å². The third-order valence-corrected chi connectivity index (χ3v) is 7.36. The highest BCUT2D eigenvalue weighted by atomic mass is 32.1. The number of ether oxygens (including phenoxy) is 1. The van der Waals surface area contributed by atoms with Gasteiger partial charge in [0, 0.05) is 30.3 Å². The van der Waals surface area contributed by atoms with E-state index in [1.165, 1.54) is 4.70 Å².